The normalized spacial score (nSPS) is 14.3. The smallest absolute Gasteiger partial charge is 0.310 e. The minimum Gasteiger partial charge on any atom is -0.493 e. The second kappa shape index (κ2) is 10.7. The topological polar surface area (TPSA) is 65.1 Å². The number of likely N-dealkylation sites (tertiary alicyclic amines) is 1. The number of nitrogens with zero attached hydrogens (tertiary/aromatic N) is 1. The van der Waals surface area contributed by atoms with E-state index in [1.54, 1.807) is 37.3 Å². The van der Waals surface area contributed by atoms with Crippen LogP contribution in [0.2, 0.25) is 0 Å². The van der Waals surface area contributed by atoms with Crippen LogP contribution in [0.3, 0.4) is 0 Å². The van der Waals surface area contributed by atoms with Crippen molar-refractivity contribution in [3.8, 4) is 11.5 Å². The molecule has 0 unspecified atom stereocenters. The molecule has 0 spiro atoms. The van der Waals surface area contributed by atoms with Crippen molar-refractivity contribution < 1.29 is 23.8 Å². The number of ether oxygens (including phenoxy) is 3. The fraction of sp³-hybridized carbons (Fsp3) is 0.417. The number of benzene rings is 2. The van der Waals surface area contributed by atoms with Crippen molar-refractivity contribution in [1.82, 2.24) is 4.90 Å². The van der Waals surface area contributed by atoms with Crippen LogP contribution < -0.4 is 9.47 Å². The molecule has 6 nitrogen and oxygen atoms in total. The van der Waals surface area contributed by atoms with Crippen molar-refractivity contribution in [3.63, 3.8) is 0 Å². The molecule has 0 atom stereocenters. The number of carbonyl (C=O) groups is 2. The zero-order chi connectivity index (χ0) is 21.3. The van der Waals surface area contributed by atoms with Gasteiger partial charge in [0.25, 0.3) is 5.91 Å². The lowest BCUT2D eigenvalue weighted by Gasteiger charge is -2.32. The van der Waals surface area contributed by atoms with E-state index in [2.05, 4.69) is 24.3 Å². The summed E-state index contributed by atoms with van der Waals surface area (Å²) in [5.74, 6) is 1.17. The first-order valence-electron chi connectivity index (χ1n) is 10.3. The number of piperidine rings is 1. The summed E-state index contributed by atoms with van der Waals surface area (Å²) < 4.78 is 15.6. The Hall–Kier alpha value is -3.02. The van der Waals surface area contributed by atoms with E-state index >= 15 is 0 Å². The van der Waals surface area contributed by atoms with Gasteiger partial charge >= 0.3 is 5.97 Å². The second-order valence-electron chi connectivity index (χ2n) is 7.54. The maximum Gasteiger partial charge on any atom is 0.310 e. The molecule has 3 rings (SSSR count). The largest absolute Gasteiger partial charge is 0.493 e. The standard InChI is InChI=1S/C24H29NO5/c1-28-21-9-8-20(15-22(21)29-2)16-24(27)30-17-23(26)25-12-10-19(11-13-25)14-18-6-4-3-5-7-18/h3-9,15,19H,10-14,16-17H2,1-2H3. The van der Waals surface area contributed by atoms with Gasteiger partial charge in [0.1, 0.15) is 0 Å². The van der Waals surface area contributed by atoms with Crippen molar-refractivity contribution in [1.29, 1.82) is 0 Å². The Morgan fingerprint density at radius 1 is 0.933 bits per heavy atom. The third-order valence-electron chi connectivity index (χ3n) is 5.49. The Morgan fingerprint density at radius 2 is 1.63 bits per heavy atom. The molecule has 2 aromatic rings. The second-order valence-corrected chi connectivity index (χ2v) is 7.54. The van der Waals surface area contributed by atoms with E-state index in [-0.39, 0.29) is 18.9 Å². The summed E-state index contributed by atoms with van der Waals surface area (Å²) in [6.45, 7) is 1.21. The third-order valence-corrected chi connectivity index (χ3v) is 5.49. The van der Waals surface area contributed by atoms with E-state index in [1.807, 2.05) is 6.07 Å². The average molecular weight is 411 g/mol. The van der Waals surface area contributed by atoms with Crippen LogP contribution in [0.5, 0.6) is 11.5 Å². The average Bonchev–Trinajstić information content (AvgIpc) is 2.78. The molecule has 0 saturated carbocycles. The fourth-order valence-electron chi connectivity index (χ4n) is 3.78. The summed E-state index contributed by atoms with van der Waals surface area (Å²) in [5.41, 5.74) is 2.08. The van der Waals surface area contributed by atoms with Gasteiger partial charge in [-0.2, -0.15) is 0 Å². The molecular formula is C24H29NO5. The Morgan fingerprint density at radius 3 is 2.30 bits per heavy atom. The monoisotopic (exact) mass is 411 g/mol. The molecule has 1 amide bonds. The highest BCUT2D eigenvalue weighted by Gasteiger charge is 2.23. The molecule has 1 heterocycles. The van der Waals surface area contributed by atoms with E-state index in [9.17, 15) is 9.59 Å². The van der Waals surface area contributed by atoms with Gasteiger partial charge in [0.15, 0.2) is 18.1 Å². The van der Waals surface area contributed by atoms with Gasteiger partial charge in [-0.25, -0.2) is 0 Å². The minimum absolute atomic E-state index is 0.0762. The molecule has 1 aliphatic rings. The Labute approximate surface area is 177 Å². The SMILES string of the molecule is COc1ccc(CC(=O)OCC(=O)N2CCC(Cc3ccccc3)CC2)cc1OC. The van der Waals surface area contributed by atoms with Crippen molar-refractivity contribution in [2.45, 2.75) is 25.7 Å². The fourth-order valence-corrected chi connectivity index (χ4v) is 3.78. The molecule has 1 aliphatic heterocycles. The quantitative estimate of drug-likeness (QED) is 0.624. The van der Waals surface area contributed by atoms with Gasteiger partial charge in [-0.05, 0) is 48.4 Å². The van der Waals surface area contributed by atoms with E-state index in [0.29, 0.717) is 30.5 Å². The Kier molecular flexibility index (Phi) is 7.71. The zero-order valence-electron chi connectivity index (χ0n) is 17.6. The summed E-state index contributed by atoms with van der Waals surface area (Å²) >= 11 is 0. The summed E-state index contributed by atoms with van der Waals surface area (Å²) in [4.78, 5) is 26.4. The molecule has 0 radical (unpaired) electrons. The number of carbonyl (C=O) groups excluding carboxylic acids is 2. The number of hydrogen-bond donors (Lipinski definition) is 0. The maximum atomic E-state index is 12.4. The van der Waals surface area contributed by atoms with Crippen LogP contribution in [-0.4, -0.2) is 50.7 Å². The zero-order valence-corrected chi connectivity index (χ0v) is 17.6. The summed E-state index contributed by atoms with van der Waals surface area (Å²) in [6, 6.07) is 15.7. The maximum absolute atomic E-state index is 12.4. The van der Waals surface area contributed by atoms with Gasteiger partial charge < -0.3 is 19.1 Å². The Bertz CT molecular complexity index is 844. The Balaban J connectivity index is 1.41. The number of amides is 1. The van der Waals surface area contributed by atoms with Crippen molar-refractivity contribution in [2.75, 3.05) is 33.9 Å². The van der Waals surface area contributed by atoms with Crippen LogP contribution in [0.1, 0.15) is 24.0 Å². The summed E-state index contributed by atoms with van der Waals surface area (Å²) in [6.07, 6.45) is 3.07. The lowest BCUT2D eigenvalue weighted by Crippen LogP contribution is -2.41. The molecule has 0 aliphatic carbocycles. The number of hydrogen-bond acceptors (Lipinski definition) is 5. The highest BCUT2D eigenvalue weighted by molar-refractivity contribution is 5.81. The summed E-state index contributed by atoms with van der Waals surface area (Å²) in [5, 5.41) is 0. The number of rotatable bonds is 8. The van der Waals surface area contributed by atoms with Crippen LogP contribution in [0, 0.1) is 5.92 Å². The van der Waals surface area contributed by atoms with Crippen LogP contribution in [0.25, 0.3) is 0 Å². The molecule has 0 bridgehead atoms. The van der Waals surface area contributed by atoms with Crippen LogP contribution >= 0.6 is 0 Å². The van der Waals surface area contributed by atoms with Gasteiger partial charge in [-0.1, -0.05) is 36.4 Å². The van der Waals surface area contributed by atoms with Gasteiger partial charge in [0.2, 0.25) is 0 Å². The predicted octanol–water partition coefficient (Wildman–Crippen LogP) is 3.27. The van der Waals surface area contributed by atoms with Gasteiger partial charge in [-0.3, -0.25) is 9.59 Å². The highest BCUT2D eigenvalue weighted by atomic mass is 16.5. The van der Waals surface area contributed by atoms with Crippen molar-refractivity contribution >= 4 is 11.9 Å². The third kappa shape index (κ3) is 5.99. The van der Waals surface area contributed by atoms with Gasteiger partial charge in [0.05, 0.1) is 20.6 Å². The lowest BCUT2D eigenvalue weighted by atomic mass is 9.90. The lowest BCUT2D eigenvalue weighted by molar-refractivity contribution is -0.152. The molecule has 6 heteroatoms. The van der Waals surface area contributed by atoms with Crippen molar-refractivity contribution in [2.24, 2.45) is 5.92 Å². The van der Waals surface area contributed by atoms with Gasteiger partial charge in [0, 0.05) is 13.1 Å². The van der Waals surface area contributed by atoms with Crippen molar-refractivity contribution in [3.05, 3.63) is 59.7 Å². The van der Waals surface area contributed by atoms with Crippen LogP contribution in [0.4, 0.5) is 0 Å². The molecule has 0 N–H and O–H groups in total. The van der Waals surface area contributed by atoms with E-state index in [0.717, 1.165) is 24.8 Å². The molecule has 1 fully saturated rings. The molecular weight excluding hydrogens is 382 g/mol. The van der Waals surface area contributed by atoms with E-state index in [4.69, 9.17) is 14.2 Å². The number of esters is 1. The van der Waals surface area contributed by atoms with E-state index < -0.39 is 5.97 Å². The number of methoxy groups -OCH3 is 2. The molecule has 1 saturated heterocycles. The van der Waals surface area contributed by atoms with Crippen LogP contribution in [0.15, 0.2) is 48.5 Å². The molecule has 30 heavy (non-hydrogen) atoms. The minimum atomic E-state index is -0.436. The van der Waals surface area contributed by atoms with Crippen LogP contribution in [-0.2, 0) is 27.2 Å². The highest BCUT2D eigenvalue weighted by Crippen LogP contribution is 2.27. The summed E-state index contributed by atoms with van der Waals surface area (Å²) in [7, 11) is 3.10. The first-order chi connectivity index (χ1) is 14.6. The van der Waals surface area contributed by atoms with E-state index in [1.165, 1.54) is 5.56 Å². The molecule has 0 aromatic heterocycles. The first kappa shape index (κ1) is 21.7. The predicted molar refractivity (Wildman–Crippen MR) is 114 cm³/mol. The molecule has 160 valence electrons. The first-order valence-corrected chi connectivity index (χ1v) is 10.3. The van der Waals surface area contributed by atoms with Gasteiger partial charge in [-0.15, -0.1) is 0 Å². The molecule has 2 aromatic carbocycles.